The lowest BCUT2D eigenvalue weighted by Gasteiger charge is -2.15. The Kier molecular flexibility index (Phi) is 6.43. The molecule has 0 saturated heterocycles. The summed E-state index contributed by atoms with van der Waals surface area (Å²) in [5, 5.41) is 15.0. The number of alkyl halides is 3. The van der Waals surface area contributed by atoms with Crippen molar-refractivity contribution < 1.29 is 22.7 Å². The monoisotopic (exact) mass is 369 g/mol. The van der Waals surface area contributed by atoms with Crippen LogP contribution in [0.25, 0.3) is 0 Å². The van der Waals surface area contributed by atoms with Gasteiger partial charge in [0.1, 0.15) is 11.6 Å². The second kappa shape index (κ2) is 8.55. The zero-order chi connectivity index (χ0) is 19.2. The van der Waals surface area contributed by atoms with Crippen LogP contribution in [0.4, 0.5) is 17.6 Å². The van der Waals surface area contributed by atoms with E-state index in [1.54, 1.807) is 12.1 Å². The summed E-state index contributed by atoms with van der Waals surface area (Å²) in [5.74, 6) is -0.467. The van der Waals surface area contributed by atoms with Crippen molar-refractivity contribution >= 4 is 5.96 Å². The van der Waals surface area contributed by atoms with E-state index >= 15 is 0 Å². The fraction of sp³-hybridized carbons (Fsp3) is 0.278. The van der Waals surface area contributed by atoms with Crippen molar-refractivity contribution in [2.75, 3.05) is 6.54 Å². The van der Waals surface area contributed by atoms with Gasteiger partial charge in [-0.25, -0.2) is 9.38 Å². The van der Waals surface area contributed by atoms with Gasteiger partial charge in [-0.1, -0.05) is 18.2 Å². The molecule has 2 rings (SSSR count). The second-order valence-electron chi connectivity index (χ2n) is 5.51. The summed E-state index contributed by atoms with van der Waals surface area (Å²) >= 11 is 0. The molecule has 0 radical (unpaired) electrons. The Morgan fingerprint density at radius 1 is 1.08 bits per heavy atom. The first kappa shape index (κ1) is 19.6. The third-order valence-corrected chi connectivity index (χ3v) is 3.52. The van der Waals surface area contributed by atoms with Gasteiger partial charge in [-0.3, -0.25) is 0 Å². The summed E-state index contributed by atoms with van der Waals surface area (Å²) in [6, 6.07) is 9.03. The summed E-state index contributed by atoms with van der Waals surface area (Å²) in [7, 11) is 0. The average molecular weight is 369 g/mol. The fourth-order valence-electron chi connectivity index (χ4n) is 2.26. The maximum Gasteiger partial charge on any atom is 0.416 e. The van der Waals surface area contributed by atoms with Crippen LogP contribution in [0.5, 0.6) is 5.75 Å². The molecular formula is C18H19F4N3O. The van der Waals surface area contributed by atoms with E-state index in [4.69, 9.17) is 0 Å². The van der Waals surface area contributed by atoms with Crippen molar-refractivity contribution in [1.29, 1.82) is 0 Å². The maximum absolute atomic E-state index is 13.2. The first-order valence-corrected chi connectivity index (χ1v) is 7.95. The minimum absolute atomic E-state index is 0.0749. The molecule has 3 N–H and O–H groups in total. The van der Waals surface area contributed by atoms with Crippen molar-refractivity contribution in [1.82, 2.24) is 10.6 Å². The number of nitrogens with zero attached hydrogens (tertiary/aromatic N) is 1. The highest BCUT2D eigenvalue weighted by molar-refractivity contribution is 5.79. The zero-order valence-electron chi connectivity index (χ0n) is 14.1. The predicted molar refractivity (Wildman–Crippen MR) is 91.2 cm³/mol. The Labute approximate surface area is 148 Å². The minimum Gasteiger partial charge on any atom is -0.508 e. The summed E-state index contributed by atoms with van der Waals surface area (Å²) < 4.78 is 52.3. The summed E-state index contributed by atoms with van der Waals surface area (Å²) in [4.78, 5) is 4.30. The molecule has 0 bridgehead atoms. The molecule has 0 saturated carbocycles. The predicted octanol–water partition coefficient (Wildman–Crippen LogP) is 3.81. The van der Waals surface area contributed by atoms with E-state index in [-0.39, 0.29) is 24.4 Å². The second-order valence-corrected chi connectivity index (χ2v) is 5.51. The normalized spacial score (nSPS) is 12.1. The van der Waals surface area contributed by atoms with E-state index in [1.807, 2.05) is 6.92 Å². The van der Waals surface area contributed by atoms with Crippen LogP contribution in [0.1, 0.15) is 23.6 Å². The van der Waals surface area contributed by atoms with Gasteiger partial charge in [0.25, 0.3) is 0 Å². The SMILES string of the molecule is CCNC(=NCc1ccc(O)cc1)NCc1ccc(F)cc1C(F)(F)F. The van der Waals surface area contributed by atoms with Crippen LogP contribution in [0.2, 0.25) is 0 Å². The van der Waals surface area contributed by atoms with Gasteiger partial charge >= 0.3 is 6.18 Å². The van der Waals surface area contributed by atoms with Crippen molar-refractivity contribution in [3.63, 3.8) is 0 Å². The van der Waals surface area contributed by atoms with Crippen LogP contribution in [-0.4, -0.2) is 17.6 Å². The number of hydrogen-bond donors (Lipinski definition) is 3. The summed E-state index contributed by atoms with van der Waals surface area (Å²) in [6.07, 6.45) is -4.64. The molecule has 2 aromatic rings. The number of aromatic hydroxyl groups is 1. The Morgan fingerprint density at radius 3 is 2.38 bits per heavy atom. The largest absolute Gasteiger partial charge is 0.508 e. The van der Waals surface area contributed by atoms with Gasteiger partial charge in [0.15, 0.2) is 5.96 Å². The molecule has 0 aliphatic rings. The van der Waals surface area contributed by atoms with Crippen LogP contribution in [0, 0.1) is 5.82 Å². The smallest absolute Gasteiger partial charge is 0.416 e. The Bertz CT molecular complexity index is 758. The van der Waals surface area contributed by atoms with Crippen molar-refractivity contribution in [3.8, 4) is 5.75 Å². The number of hydrogen-bond acceptors (Lipinski definition) is 2. The van der Waals surface area contributed by atoms with Crippen LogP contribution < -0.4 is 10.6 Å². The topological polar surface area (TPSA) is 56.7 Å². The number of aliphatic imine (C=N–C) groups is 1. The van der Waals surface area contributed by atoms with Gasteiger partial charge < -0.3 is 15.7 Å². The van der Waals surface area contributed by atoms with Gasteiger partial charge in [0.2, 0.25) is 0 Å². The number of guanidine groups is 1. The van der Waals surface area contributed by atoms with Crippen molar-refractivity contribution in [2.45, 2.75) is 26.2 Å². The van der Waals surface area contributed by atoms with Gasteiger partial charge in [-0.05, 0) is 42.3 Å². The number of nitrogens with one attached hydrogen (secondary N) is 2. The molecule has 0 fully saturated rings. The van der Waals surface area contributed by atoms with E-state index in [0.29, 0.717) is 18.6 Å². The molecule has 4 nitrogen and oxygen atoms in total. The molecule has 140 valence electrons. The van der Waals surface area contributed by atoms with Crippen LogP contribution in [0.15, 0.2) is 47.5 Å². The fourth-order valence-corrected chi connectivity index (χ4v) is 2.26. The number of phenolic OH excluding ortho intramolecular Hbond substituents is 1. The van der Waals surface area contributed by atoms with Gasteiger partial charge in [-0.15, -0.1) is 0 Å². The van der Waals surface area contributed by atoms with Crippen LogP contribution >= 0.6 is 0 Å². The molecule has 0 amide bonds. The quantitative estimate of drug-likeness (QED) is 0.427. The Morgan fingerprint density at radius 2 is 1.77 bits per heavy atom. The van der Waals surface area contributed by atoms with Crippen molar-refractivity contribution in [3.05, 3.63) is 65.0 Å². The third kappa shape index (κ3) is 5.65. The third-order valence-electron chi connectivity index (χ3n) is 3.52. The van der Waals surface area contributed by atoms with Crippen molar-refractivity contribution in [2.24, 2.45) is 4.99 Å². The van der Waals surface area contributed by atoms with E-state index in [0.717, 1.165) is 17.7 Å². The molecule has 0 unspecified atom stereocenters. The van der Waals surface area contributed by atoms with Gasteiger partial charge in [0.05, 0.1) is 12.1 Å². The maximum atomic E-state index is 13.2. The molecule has 26 heavy (non-hydrogen) atoms. The molecule has 0 heterocycles. The lowest BCUT2D eigenvalue weighted by molar-refractivity contribution is -0.138. The summed E-state index contributed by atoms with van der Waals surface area (Å²) in [5.41, 5.74) is -0.258. The van der Waals surface area contributed by atoms with Gasteiger partial charge in [0, 0.05) is 13.1 Å². The molecule has 0 aliphatic carbocycles. The number of rotatable bonds is 5. The zero-order valence-corrected chi connectivity index (χ0v) is 14.1. The highest BCUT2D eigenvalue weighted by atomic mass is 19.4. The van der Waals surface area contributed by atoms with E-state index < -0.39 is 17.6 Å². The number of phenols is 1. The van der Waals surface area contributed by atoms with E-state index in [1.165, 1.54) is 12.1 Å². The average Bonchev–Trinajstić information content (AvgIpc) is 2.58. The van der Waals surface area contributed by atoms with E-state index in [2.05, 4.69) is 15.6 Å². The first-order valence-electron chi connectivity index (χ1n) is 7.95. The number of halogens is 4. The van der Waals surface area contributed by atoms with E-state index in [9.17, 15) is 22.7 Å². The molecule has 0 aliphatic heterocycles. The Hall–Kier alpha value is -2.77. The first-order chi connectivity index (χ1) is 12.3. The molecule has 0 spiro atoms. The lowest BCUT2D eigenvalue weighted by Crippen LogP contribution is -2.37. The minimum atomic E-state index is -4.64. The molecule has 2 aromatic carbocycles. The molecule has 0 atom stereocenters. The van der Waals surface area contributed by atoms with Crippen LogP contribution in [0.3, 0.4) is 0 Å². The number of benzene rings is 2. The van der Waals surface area contributed by atoms with Gasteiger partial charge in [-0.2, -0.15) is 13.2 Å². The highest BCUT2D eigenvalue weighted by Gasteiger charge is 2.33. The lowest BCUT2D eigenvalue weighted by atomic mass is 10.1. The highest BCUT2D eigenvalue weighted by Crippen LogP contribution is 2.32. The standard InChI is InChI=1S/C18H19F4N3O/c1-2-23-17(24-10-12-3-7-15(26)8-4-12)25-11-13-5-6-14(19)9-16(13)18(20,21)22/h3-9,26H,2,10-11H2,1H3,(H2,23,24,25). The molecule has 8 heteroatoms. The Balaban J connectivity index is 2.11. The molecule has 0 aromatic heterocycles. The molecular weight excluding hydrogens is 350 g/mol. The summed E-state index contributed by atoms with van der Waals surface area (Å²) in [6.45, 7) is 2.48. The van der Waals surface area contributed by atoms with Crippen LogP contribution in [-0.2, 0) is 19.3 Å².